The number of rotatable bonds is 9. The van der Waals surface area contributed by atoms with Crippen LogP contribution in [0.2, 0.25) is 0 Å². The molecule has 0 rings (SSSR count). The van der Waals surface area contributed by atoms with E-state index in [0.29, 0.717) is 19.4 Å². The highest BCUT2D eigenvalue weighted by Crippen LogP contribution is 2.05. The predicted octanol–water partition coefficient (Wildman–Crippen LogP) is 1.45. The minimum absolute atomic E-state index is 0.0752. The highest BCUT2D eigenvalue weighted by Gasteiger charge is 2.14. The van der Waals surface area contributed by atoms with Crippen molar-refractivity contribution >= 4 is 11.9 Å². The Morgan fingerprint density at radius 1 is 1.22 bits per heavy atom. The molecule has 0 heterocycles. The summed E-state index contributed by atoms with van der Waals surface area (Å²) in [7, 11) is 0. The van der Waals surface area contributed by atoms with E-state index in [9.17, 15) is 9.59 Å². The summed E-state index contributed by atoms with van der Waals surface area (Å²) in [6.45, 7) is 7.97. The van der Waals surface area contributed by atoms with Crippen molar-refractivity contribution in [3.05, 3.63) is 12.2 Å². The number of esters is 2. The zero-order valence-electron chi connectivity index (χ0n) is 11.1. The number of hydrogen-bond acceptors (Lipinski definition) is 5. The van der Waals surface area contributed by atoms with Gasteiger partial charge in [0.2, 0.25) is 0 Å². The lowest BCUT2D eigenvalue weighted by Crippen LogP contribution is -2.15. The van der Waals surface area contributed by atoms with E-state index < -0.39 is 11.9 Å². The molecule has 0 atom stereocenters. The summed E-state index contributed by atoms with van der Waals surface area (Å²) in [4.78, 5) is 22.7. The fourth-order valence-electron chi connectivity index (χ4n) is 1.04. The maximum Gasteiger partial charge on any atom is 0.333 e. The largest absolute Gasteiger partial charge is 0.465 e. The minimum Gasteiger partial charge on any atom is -0.465 e. The summed E-state index contributed by atoms with van der Waals surface area (Å²) in [6, 6.07) is 0. The van der Waals surface area contributed by atoms with Crippen LogP contribution in [-0.2, 0) is 19.1 Å². The summed E-state index contributed by atoms with van der Waals surface area (Å²) in [5.74, 6) is -0.817. The molecule has 0 unspecified atom stereocenters. The molecule has 1 N–H and O–H groups in total. The third-order valence-electron chi connectivity index (χ3n) is 2.01. The van der Waals surface area contributed by atoms with Crippen molar-refractivity contribution in [3.63, 3.8) is 0 Å². The molecule has 0 aromatic carbocycles. The van der Waals surface area contributed by atoms with E-state index in [-0.39, 0.29) is 31.1 Å². The van der Waals surface area contributed by atoms with Crippen molar-refractivity contribution in [1.82, 2.24) is 0 Å². The standard InChI is InChI=1S/C13H22O5/c1-10(2)9-18-13(16)11(3)8-12(15)17-7-5-4-6-14/h10,14H,3-9H2,1-2H3. The lowest BCUT2D eigenvalue weighted by atomic mass is 10.2. The number of carbonyl (C=O) groups excluding carboxylic acids is 2. The molecule has 5 heteroatoms. The molecular weight excluding hydrogens is 236 g/mol. The van der Waals surface area contributed by atoms with E-state index in [2.05, 4.69) is 6.58 Å². The van der Waals surface area contributed by atoms with Gasteiger partial charge in [0.05, 0.1) is 19.6 Å². The van der Waals surface area contributed by atoms with Crippen molar-refractivity contribution in [3.8, 4) is 0 Å². The maximum absolute atomic E-state index is 11.4. The number of hydrogen-bond donors (Lipinski definition) is 1. The first-order valence-corrected chi connectivity index (χ1v) is 6.08. The average molecular weight is 258 g/mol. The van der Waals surface area contributed by atoms with Crippen LogP contribution in [0.4, 0.5) is 0 Å². The molecule has 0 spiro atoms. The fraction of sp³-hybridized carbons (Fsp3) is 0.692. The van der Waals surface area contributed by atoms with Crippen LogP contribution in [0.15, 0.2) is 12.2 Å². The Bertz CT molecular complexity index is 283. The highest BCUT2D eigenvalue weighted by molar-refractivity contribution is 5.93. The van der Waals surface area contributed by atoms with Gasteiger partial charge in [0.25, 0.3) is 0 Å². The van der Waals surface area contributed by atoms with Gasteiger partial charge in [-0.25, -0.2) is 4.79 Å². The lowest BCUT2D eigenvalue weighted by molar-refractivity contribution is -0.146. The first-order chi connectivity index (χ1) is 8.47. The molecule has 0 aliphatic rings. The zero-order valence-corrected chi connectivity index (χ0v) is 11.1. The Balaban J connectivity index is 3.78. The summed E-state index contributed by atoms with van der Waals surface area (Å²) >= 11 is 0. The second kappa shape index (κ2) is 9.65. The number of aliphatic hydroxyl groups is 1. The topological polar surface area (TPSA) is 72.8 Å². The van der Waals surface area contributed by atoms with Crippen molar-refractivity contribution < 1.29 is 24.2 Å². The van der Waals surface area contributed by atoms with E-state index in [4.69, 9.17) is 14.6 Å². The van der Waals surface area contributed by atoms with Gasteiger partial charge in [-0.3, -0.25) is 4.79 Å². The SMILES string of the molecule is C=C(CC(=O)OCCCCO)C(=O)OCC(C)C. The second-order valence-corrected chi connectivity index (χ2v) is 4.42. The molecule has 0 aliphatic carbocycles. The number of aliphatic hydroxyl groups excluding tert-OH is 1. The van der Waals surface area contributed by atoms with Crippen molar-refractivity contribution in [2.24, 2.45) is 5.92 Å². The van der Waals surface area contributed by atoms with Crippen LogP contribution < -0.4 is 0 Å². The Hall–Kier alpha value is -1.36. The Labute approximate surface area is 108 Å². The van der Waals surface area contributed by atoms with Crippen LogP contribution in [0.3, 0.4) is 0 Å². The van der Waals surface area contributed by atoms with Crippen molar-refractivity contribution in [2.75, 3.05) is 19.8 Å². The van der Waals surface area contributed by atoms with Gasteiger partial charge < -0.3 is 14.6 Å². The minimum atomic E-state index is -0.559. The molecule has 104 valence electrons. The third kappa shape index (κ3) is 8.75. The summed E-state index contributed by atoms with van der Waals surface area (Å²) in [5, 5.41) is 8.54. The molecule has 0 aliphatic heterocycles. The van der Waals surface area contributed by atoms with Gasteiger partial charge in [0.1, 0.15) is 0 Å². The molecule has 0 radical (unpaired) electrons. The third-order valence-corrected chi connectivity index (χ3v) is 2.01. The first kappa shape index (κ1) is 16.6. The Kier molecular flexibility index (Phi) is 8.92. The maximum atomic E-state index is 11.4. The van der Waals surface area contributed by atoms with Crippen LogP contribution in [0.25, 0.3) is 0 Å². The van der Waals surface area contributed by atoms with Gasteiger partial charge in [-0.2, -0.15) is 0 Å². The van der Waals surface area contributed by atoms with Gasteiger partial charge in [0, 0.05) is 12.2 Å². The lowest BCUT2D eigenvalue weighted by Gasteiger charge is -2.09. The second-order valence-electron chi connectivity index (χ2n) is 4.42. The molecule has 0 aromatic heterocycles. The molecule has 0 fully saturated rings. The zero-order chi connectivity index (χ0) is 14.0. The van der Waals surface area contributed by atoms with Crippen molar-refractivity contribution in [2.45, 2.75) is 33.1 Å². The number of carbonyl (C=O) groups is 2. The smallest absolute Gasteiger partial charge is 0.333 e. The monoisotopic (exact) mass is 258 g/mol. The van der Waals surface area contributed by atoms with Gasteiger partial charge in [-0.1, -0.05) is 20.4 Å². The van der Waals surface area contributed by atoms with Crippen LogP contribution in [0.5, 0.6) is 0 Å². The van der Waals surface area contributed by atoms with Gasteiger partial charge in [-0.15, -0.1) is 0 Å². The van der Waals surface area contributed by atoms with Gasteiger partial charge >= 0.3 is 11.9 Å². The van der Waals surface area contributed by atoms with Crippen LogP contribution in [0, 0.1) is 5.92 Å². The number of unbranched alkanes of at least 4 members (excludes halogenated alkanes) is 1. The highest BCUT2D eigenvalue weighted by atomic mass is 16.5. The molecule has 0 amide bonds. The predicted molar refractivity (Wildman–Crippen MR) is 66.8 cm³/mol. The van der Waals surface area contributed by atoms with Gasteiger partial charge in [0.15, 0.2) is 0 Å². The molecule has 0 bridgehead atoms. The van der Waals surface area contributed by atoms with E-state index in [1.165, 1.54) is 0 Å². The Morgan fingerprint density at radius 3 is 2.44 bits per heavy atom. The average Bonchev–Trinajstić information content (AvgIpc) is 2.31. The molecule has 0 saturated carbocycles. The van der Waals surface area contributed by atoms with E-state index in [1.54, 1.807) is 0 Å². The molecule has 0 aromatic rings. The fourth-order valence-corrected chi connectivity index (χ4v) is 1.04. The van der Waals surface area contributed by atoms with Gasteiger partial charge in [-0.05, 0) is 18.8 Å². The number of ether oxygens (including phenoxy) is 2. The molecule has 0 saturated heterocycles. The van der Waals surface area contributed by atoms with Crippen LogP contribution in [-0.4, -0.2) is 36.9 Å². The summed E-state index contributed by atoms with van der Waals surface area (Å²) in [5.41, 5.74) is 0.0998. The summed E-state index contributed by atoms with van der Waals surface area (Å²) in [6.07, 6.45) is 1.03. The quantitative estimate of drug-likeness (QED) is 0.385. The van der Waals surface area contributed by atoms with E-state index in [1.807, 2.05) is 13.8 Å². The van der Waals surface area contributed by atoms with Crippen LogP contribution in [0.1, 0.15) is 33.1 Å². The summed E-state index contributed by atoms with van der Waals surface area (Å²) < 4.78 is 9.80. The molecule has 18 heavy (non-hydrogen) atoms. The Morgan fingerprint density at radius 2 is 1.89 bits per heavy atom. The van der Waals surface area contributed by atoms with Crippen molar-refractivity contribution in [1.29, 1.82) is 0 Å². The first-order valence-electron chi connectivity index (χ1n) is 6.08. The van der Waals surface area contributed by atoms with E-state index in [0.717, 1.165) is 0 Å². The molecular formula is C13H22O5. The van der Waals surface area contributed by atoms with E-state index >= 15 is 0 Å². The molecule has 5 nitrogen and oxygen atoms in total. The van der Waals surface area contributed by atoms with Crippen LogP contribution >= 0.6 is 0 Å². The normalized spacial score (nSPS) is 10.2.